The molecule has 4 heteroatoms. The second-order valence-electron chi connectivity index (χ2n) is 22.3. The SMILES string of the molecule is Cc1cc2c3c(c1)N(c1ccc(C(C)(C)C)cc1)c1c(ccc4c1C(C)(C)CCC4(C)C)B3c1c(sc3ccc(C(C)(C)C)cc13)N2c1ccc(C(C)(C)C)cc1C. The quantitative estimate of drug-likeness (QED) is 0.161. The highest BCUT2D eigenvalue weighted by Crippen LogP contribution is 2.55. The zero-order valence-corrected chi connectivity index (χ0v) is 38.7. The third kappa shape index (κ3) is 5.94. The van der Waals surface area contributed by atoms with Crippen LogP contribution in [0.1, 0.15) is 142 Å². The molecule has 9 rings (SSSR count). The number of fused-ring (bicyclic) bond motifs is 8. The van der Waals surface area contributed by atoms with Crippen molar-refractivity contribution >= 4 is 78.0 Å². The Morgan fingerprint density at radius 3 is 1.76 bits per heavy atom. The van der Waals surface area contributed by atoms with Gasteiger partial charge in [0.2, 0.25) is 0 Å². The van der Waals surface area contributed by atoms with Gasteiger partial charge in [-0.1, -0.05) is 139 Å². The molecule has 2 aliphatic heterocycles. The lowest BCUT2D eigenvalue weighted by Crippen LogP contribution is -2.61. The molecule has 298 valence electrons. The molecule has 0 N–H and O–H groups in total. The monoisotopic (exact) mass is 782 g/mol. The Kier molecular flexibility index (Phi) is 8.53. The van der Waals surface area contributed by atoms with Gasteiger partial charge in [0.25, 0.3) is 6.71 Å². The summed E-state index contributed by atoms with van der Waals surface area (Å²) in [5.74, 6) is 0. The number of anilines is 6. The van der Waals surface area contributed by atoms with Crippen molar-refractivity contribution in [2.24, 2.45) is 0 Å². The summed E-state index contributed by atoms with van der Waals surface area (Å²) in [6.45, 7) is 35.6. The van der Waals surface area contributed by atoms with Gasteiger partial charge in [-0.3, -0.25) is 0 Å². The Labute approximate surface area is 353 Å². The average molecular weight is 783 g/mol. The van der Waals surface area contributed by atoms with Crippen LogP contribution in [0.3, 0.4) is 0 Å². The number of aryl methyl sites for hydroxylation is 2. The van der Waals surface area contributed by atoms with Gasteiger partial charge in [-0.25, -0.2) is 0 Å². The molecule has 2 nitrogen and oxygen atoms in total. The van der Waals surface area contributed by atoms with E-state index in [0.717, 1.165) is 6.42 Å². The van der Waals surface area contributed by atoms with E-state index in [1.165, 1.54) is 105 Å². The summed E-state index contributed by atoms with van der Waals surface area (Å²) in [5, 5.41) is 2.75. The second kappa shape index (κ2) is 12.6. The summed E-state index contributed by atoms with van der Waals surface area (Å²) in [7, 11) is 0. The van der Waals surface area contributed by atoms with Crippen molar-refractivity contribution in [3.8, 4) is 0 Å². The number of thiophene rings is 1. The van der Waals surface area contributed by atoms with Crippen LogP contribution in [0.2, 0.25) is 0 Å². The van der Waals surface area contributed by atoms with Crippen LogP contribution in [0.15, 0.2) is 84.9 Å². The van der Waals surface area contributed by atoms with Gasteiger partial charge < -0.3 is 9.80 Å². The predicted octanol–water partition coefficient (Wildman–Crippen LogP) is 13.8. The maximum absolute atomic E-state index is 2.69. The number of rotatable bonds is 2. The zero-order chi connectivity index (χ0) is 41.6. The fourth-order valence-electron chi connectivity index (χ4n) is 10.3. The highest BCUT2D eigenvalue weighted by molar-refractivity contribution is 7.26. The van der Waals surface area contributed by atoms with E-state index in [0.29, 0.717) is 0 Å². The van der Waals surface area contributed by atoms with Crippen LogP contribution in [-0.2, 0) is 27.1 Å². The van der Waals surface area contributed by atoms with Gasteiger partial charge in [0.05, 0.1) is 5.00 Å². The minimum Gasteiger partial charge on any atom is -0.311 e. The molecule has 0 unspecified atom stereocenters. The molecule has 0 atom stereocenters. The summed E-state index contributed by atoms with van der Waals surface area (Å²) < 4.78 is 1.36. The number of hydrogen-bond acceptors (Lipinski definition) is 3. The molecule has 0 amide bonds. The van der Waals surface area contributed by atoms with Crippen LogP contribution in [0.4, 0.5) is 33.4 Å². The molecule has 0 spiro atoms. The Balaban J connectivity index is 1.44. The first-order chi connectivity index (χ1) is 27.0. The summed E-state index contributed by atoms with van der Waals surface area (Å²) in [5.41, 5.74) is 20.9. The molecule has 1 aromatic heterocycles. The van der Waals surface area contributed by atoms with Crippen LogP contribution >= 0.6 is 11.3 Å². The average Bonchev–Trinajstić information content (AvgIpc) is 3.50. The fraction of sp³-hybridized carbons (Fsp3) is 0.407. The molecule has 3 heterocycles. The van der Waals surface area contributed by atoms with E-state index in [9.17, 15) is 0 Å². The first-order valence-corrected chi connectivity index (χ1v) is 22.5. The first-order valence-electron chi connectivity index (χ1n) is 21.7. The standard InChI is InChI=1S/C54H63BN2S/c1-32-28-42-47-43(29-32)57(41-24-18-35(30-33(41)2)51(6,7)8)49-46(38-31-36(52(9,10)11)19-25-44(38)58-49)55(47)40-23-22-39-45(54(14,15)27-26-53(39,12)13)48(40)56(42)37-20-16-34(17-21-37)50(3,4)5/h16-25,28-31H,26-27H2,1-15H3. The zero-order valence-electron chi connectivity index (χ0n) is 37.9. The van der Waals surface area contributed by atoms with Crippen molar-refractivity contribution in [3.05, 3.63) is 124 Å². The van der Waals surface area contributed by atoms with Crippen molar-refractivity contribution in [3.63, 3.8) is 0 Å². The predicted molar refractivity (Wildman–Crippen MR) is 257 cm³/mol. The van der Waals surface area contributed by atoms with Gasteiger partial charge in [-0.15, -0.1) is 11.3 Å². The van der Waals surface area contributed by atoms with Crippen molar-refractivity contribution in [1.29, 1.82) is 0 Å². The van der Waals surface area contributed by atoms with E-state index in [1.807, 2.05) is 11.3 Å². The molecule has 1 aliphatic carbocycles. The van der Waals surface area contributed by atoms with E-state index < -0.39 is 0 Å². The molecule has 0 radical (unpaired) electrons. The Hall–Kier alpha value is -4.28. The van der Waals surface area contributed by atoms with Crippen LogP contribution in [0, 0.1) is 13.8 Å². The Morgan fingerprint density at radius 2 is 1.14 bits per heavy atom. The molecule has 6 aromatic rings. The van der Waals surface area contributed by atoms with Crippen LogP contribution in [-0.4, -0.2) is 6.71 Å². The van der Waals surface area contributed by atoms with E-state index in [1.54, 1.807) is 0 Å². The molecule has 0 fully saturated rings. The smallest absolute Gasteiger partial charge is 0.254 e. The topological polar surface area (TPSA) is 6.48 Å². The molecule has 3 aliphatic rings. The Bertz CT molecular complexity index is 2650. The molecular weight excluding hydrogens is 719 g/mol. The second-order valence-corrected chi connectivity index (χ2v) is 23.4. The van der Waals surface area contributed by atoms with Crippen molar-refractivity contribution in [1.82, 2.24) is 0 Å². The summed E-state index contributed by atoms with van der Waals surface area (Å²) in [6.07, 6.45) is 2.35. The number of nitrogens with zero attached hydrogens (tertiary/aromatic N) is 2. The highest BCUT2D eigenvalue weighted by Gasteiger charge is 2.49. The van der Waals surface area contributed by atoms with Gasteiger partial charge >= 0.3 is 0 Å². The Morgan fingerprint density at radius 1 is 0.569 bits per heavy atom. The summed E-state index contributed by atoms with van der Waals surface area (Å²) in [4.78, 5) is 5.35. The van der Waals surface area contributed by atoms with Gasteiger partial charge in [0.1, 0.15) is 0 Å². The molecule has 0 bridgehead atoms. The maximum atomic E-state index is 2.69. The summed E-state index contributed by atoms with van der Waals surface area (Å²) in [6, 6.07) is 34.1. The van der Waals surface area contributed by atoms with E-state index in [2.05, 4.69) is 199 Å². The minimum absolute atomic E-state index is 0.00944. The van der Waals surface area contributed by atoms with Crippen LogP contribution in [0.25, 0.3) is 10.1 Å². The van der Waals surface area contributed by atoms with Crippen molar-refractivity contribution in [2.45, 2.75) is 144 Å². The number of benzene rings is 5. The molecule has 0 saturated carbocycles. The normalized spacial score (nSPS) is 16.9. The van der Waals surface area contributed by atoms with Crippen LogP contribution in [0.5, 0.6) is 0 Å². The number of hydrogen-bond donors (Lipinski definition) is 0. The van der Waals surface area contributed by atoms with E-state index in [-0.39, 0.29) is 33.8 Å². The molecule has 5 aromatic carbocycles. The van der Waals surface area contributed by atoms with Crippen LogP contribution < -0.4 is 26.2 Å². The van der Waals surface area contributed by atoms with E-state index in [4.69, 9.17) is 0 Å². The largest absolute Gasteiger partial charge is 0.311 e. The van der Waals surface area contributed by atoms with Gasteiger partial charge in [-0.05, 0) is 151 Å². The van der Waals surface area contributed by atoms with Gasteiger partial charge in [0.15, 0.2) is 0 Å². The van der Waals surface area contributed by atoms with Crippen molar-refractivity contribution in [2.75, 3.05) is 9.80 Å². The van der Waals surface area contributed by atoms with Gasteiger partial charge in [-0.2, -0.15) is 0 Å². The third-order valence-electron chi connectivity index (χ3n) is 13.9. The third-order valence-corrected chi connectivity index (χ3v) is 15.1. The lowest BCUT2D eigenvalue weighted by atomic mass is 9.33. The van der Waals surface area contributed by atoms with Crippen molar-refractivity contribution < 1.29 is 0 Å². The summed E-state index contributed by atoms with van der Waals surface area (Å²) >= 11 is 1.98. The van der Waals surface area contributed by atoms with E-state index >= 15 is 0 Å². The highest BCUT2D eigenvalue weighted by atomic mass is 32.1. The lowest BCUT2D eigenvalue weighted by molar-refractivity contribution is 0.333. The molecule has 58 heavy (non-hydrogen) atoms. The molecular formula is C54H63BN2S. The maximum Gasteiger partial charge on any atom is 0.254 e. The lowest BCUT2D eigenvalue weighted by Gasteiger charge is -2.49. The van der Waals surface area contributed by atoms with Gasteiger partial charge in [0, 0.05) is 33.1 Å². The minimum atomic E-state index is 0.00944. The fourth-order valence-corrected chi connectivity index (χ4v) is 11.6. The first kappa shape index (κ1) is 39.2. The molecule has 0 saturated heterocycles.